The molecule has 1 fully saturated rings. The Morgan fingerprint density at radius 1 is 0.563 bits per heavy atom. The number of nitrogens with zero attached hydrogens (tertiary/aromatic N) is 5. The maximum atomic E-state index is 14.3. The quantitative estimate of drug-likeness (QED) is 0.0202. The van der Waals surface area contributed by atoms with Gasteiger partial charge in [0, 0.05) is 74.0 Å². The summed E-state index contributed by atoms with van der Waals surface area (Å²) in [6.07, 6.45) is 19.1. The number of aromatic hydroxyl groups is 2. The lowest BCUT2D eigenvalue weighted by Gasteiger charge is -2.31. The van der Waals surface area contributed by atoms with Crippen molar-refractivity contribution in [1.29, 1.82) is 0 Å². The van der Waals surface area contributed by atoms with E-state index in [2.05, 4.69) is 26.3 Å². The zero-order chi connectivity index (χ0) is 84.8. The second-order valence-electron chi connectivity index (χ2n) is 30.8. The predicted molar refractivity (Wildman–Crippen MR) is 444 cm³/mol. The Morgan fingerprint density at radius 2 is 1.09 bits per heavy atom. The zero-order valence-electron chi connectivity index (χ0n) is 70.3. The summed E-state index contributed by atoms with van der Waals surface area (Å²) in [5.41, 5.74) is 4.68. The number of carbonyl (C=O) groups excluding carboxylic acids is 7. The molecule has 119 heavy (non-hydrogen) atoms. The van der Waals surface area contributed by atoms with Crippen LogP contribution in [0.4, 0.5) is 21.9 Å². The number of methoxy groups -OCH3 is 2. The van der Waals surface area contributed by atoms with Crippen molar-refractivity contribution in [2.75, 3.05) is 150 Å². The first kappa shape index (κ1) is 93.5. The van der Waals surface area contributed by atoms with E-state index in [1.54, 1.807) is 73.6 Å². The third-order valence-corrected chi connectivity index (χ3v) is 21.2. The Balaban J connectivity index is 0.563. The van der Waals surface area contributed by atoms with Crippen LogP contribution >= 0.6 is 0 Å². The van der Waals surface area contributed by atoms with Gasteiger partial charge in [0.15, 0.2) is 41.0 Å². The fraction of sp³-hybridized carbons (Fsp3) is 0.609. The van der Waals surface area contributed by atoms with Crippen molar-refractivity contribution < 1.29 is 110 Å². The third kappa shape index (κ3) is 29.5. The van der Waals surface area contributed by atoms with E-state index in [-0.39, 0.29) is 111 Å². The van der Waals surface area contributed by atoms with Gasteiger partial charge in [-0.3, -0.25) is 38.3 Å². The first-order chi connectivity index (χ1) is 57.7. The maximum absolute atomic E-state index is 14.3. The van der Waals surface area contributed by atoms with Crippen LogP contribution in [0.1, 0.15) is 176 Å². The summed E-state index contributed by atoms with van der Waals surface area (Å²) in [5.74, 6) is -0.711. The van der Waals surface area contributed by atoms with Gasteiger partial charge in [-0.1, -0.05) is 101 Å². The van der Waals surface area contributed by atoms with Crippen LogP contribution in [0, 0.1) is 11.8 Å². The number of rotatable bonds is 50. The molecule has 32 nitrogen and oxygen atoms in total. The minimum atomic E-state index is -1.53. The van der Waals surface area contributed by atoms with Crippen LogP contribution in [0.2, 0.25) is 0 Å². The number of aliphatic hydroxyl groups excluding tert-OH is 1. The minimum absolute atomic E-state index is 0.0125. The smallest absolute Gasteiger partial charge is 0.416 e. The normalized spacial score (nSPS) is 17.4. The fourth-order valence-corrected chi connectivity index (χ4v) is 14.6. The standard InChI is InChI=1S/C87H125N9O23/c1-59(2)80(92-78(98)26-31-109-33-35-111-37-39-113-41-43-115-45-46-116-44-42-114-40-38-112-36-34-110-32-27-88-77(97)25-28-93-79(99)50-65(83(93)102)49-63-19-15-12-10-8-9-11-13-16-20-63)82(101)90-62(5)81(100)91-66-23-21-64(22-24-66)58-119-87(106)96-71-54-76(74(108-7)52-69(71)85(104)95-57-61(4)48-72(95)86(96)105)118-30-18-14-17-29-117-75-53-70-68(51-73(75)107-6)84(103)94-56-60(3)47-67(94)55-89-70/h21-24,50-57,59,62-63,67,72,80,86,99,102,105H,8-20,25-49,58H2,1-7H3,(H,88,97)(H,90,101)(H,91,100)(H,92,98). The molecule has 5 heterocycles. The Bertz CT molecular complexity index is 3990. The van der Waals surface area contributed by atoms with Crippen LogP contribution < -0.4 is 45.1 Å². The van der Waals surface area contributed by atoms with Crippen LogP contribution in [0.3, 0.4) is 0 Å². The van der Waals surface area contributed by atoms with E-state index in [9.17, 15) is 48.9 Å². The third-order valence-electron chi connectivity index (χ3n) is 21.2. The van der Waals surface area contributed by atoms with Gasteiger partial charge in [-0.15, -0.1) is 0 Å². The number of unbranched alkanes of at least 4 members (excludes halogenated alkanes) is 2. The summed E-state index contributed by atoms with van der Waals surface area (Å²) in [5, 5.41) is 44.5. The second kappa shape index (κ2) is 50.0. The topological polar surface area (TPSA) is 375 Å². The molecule has 5 aliphatic rings. The average molecular weight is 1660 g/mol. The lowest BCUT2D eigenvalue weighted by Crippen LogP contribution is -2.53. The van der Waals surface area contributed by atoms with Gasteiger partial charge in [-0.2, -0.15) is 0 Å². The van der Waals surface area contributed by atoms with E-state index < -0.39 is 54.1 Å². The molecule has 0 spiro atoms. The molecule has 0 radical (unpaired) electrons. The molecule has 4 aromatic rings. The molecule has 656 valence electrons. The largest absolute Gasteiger partial charge is 0.494 e. The molecule has 0 saturated heterocycles. The number of nitrogens with one attached hydrogen (secondary N) is 4. The number of amides is 7. The van der Waals surface area contributed by atoms with Gasteiger partial charge in [-0.05, 0) is 101 Å². The van der Waals surface area contributed by atoms with Crippen molar-refractivity contribution in [3.63, 3.8) is 0 Å². The number of carbonyl (C=O) groups is 7. The Morgan fingerprint density at radius 3 is 1.67 bits per heavy atom. The number of aliphatic hydroxyl groups is 1. The number of aromatic nitrogens is 1. The molecule has 1 aliphatic carbocycles. The molecule has 1 aromatic heterocycles. The Kier molecular flexibility index (Phi) is 39.3. The number of aliphatic imine (C=N–C) groups is 1. The van der Waals surface area contributed by atoms with Crippen molar-refractivity contribution in [2.24, 2.45) is 16.8 Å². The van der Waals surface area contributed by atoms with Crippen LogP contribution in [0.25, 0.3) is 0 Å². The van der Waals surface area contributed by atoms with Gasteiger partial charge in [0.1, 0.15) is 18.7 Å². The summed E-state index contributed by atoms with van der Waals surface area (Å²) in [6.45, 7) is 15.3. The van der Waals surface area contributed by atoms with Crippen molar-refractivity contribution in [3.8, 4) is 34.8 Å². The molecule has 4 aliphatic heterocycles. The molecule has 32 heteroatoms. The zero-order valence-corrected chi connectivity index (χ0v) is 70.3. The number of hydrogen-bond donors (Lipinski definition) is 7. The SMILES string of the molecule is COc1cc2c(cc1OCCCCCOc1cc3c(cc1OC)C(=O)N1C=C(C)CC1C(O)N3C(=O)OCc1ccc(NC(=O)C(C)NC(=O)C(NC(=O)CCOCCOCCOCCOCCOCCOCCOCCOCCNC(=O)CCn3c(O)cc(CC4CCCCCCCCCC4)c3O)C(C)C)cc1)N=CC1CC(C)=CN1C2=O. The molecule has 5 atom stereocenters. The highest BCUT2D eigenvalue weighted by Crippen LogP contribution is 2.43. The van der Waals surface area contributed by atoms with Crippen LogP contribution in [0.15, 0.2) is 83.1 Å². The van der Waals surface area contributed by atoms with Crippen molar-refractivity contribution in [3.05, 3.63) is 100 Å². The second-order valence-corrected chi connectivity index (χ2v) is 30.8. The van der Waals surface area contributed by atoms with Gasteiger partial charge in [0.05, 0.1) is 168 Å². The van der Waals surface area contributed by atoms with E-state index in [4.69, 9.17) is 61.6 Å². The Labute approximate surface area is 698 Å². The highest BCUT2D eigenvalue weighted by atomic mass is 16.6. The first-order valence-corrected chi connectivity index (χ1v) is 42.1. The summed E-state index contributed by atoms with van der Waals surface area (Å²) < 4.78 is 75.5. The van der Waals surface area contributed by atoms with Gasteiger partial charge in [0.2, 0.25) is 23.6 Å². The maximum Gasteiger partial charge on any atom is 0.416 e. The van der Waals surface area contributed by atoms with E-state index >= 15 is 0 Å². The van der Waals surface area contributed by atoms with Crippen molar-refractivity contribution in [1.82, 2.24) is 30.3 Å². The molecule has 5 unspecified atom stereocenters. The molecular formula is C87H125N9O23. The molecule has 3 aromatic carbocycles. The molecule has 0 bridgehead atoms. The average Bonchev–Trinajstić information content (AvgIpc) is 1.62. The summed E-state index contributed by atoms with van der Waals surface area (Å²) in [4.78, 5) is 103. The molecule has 7 amide bonds. The van der Waals surface area contributed by atoms with E-state index in [1.165, 1.54) is 94.1 Å². The number of hydrogen-bond acceptors (Lipinski definition) is 24. The summed E-state index contributed by atoms with van der Waals surface area (Å²) >= 11 is 0. The highest BCUT2D eigenvalue weighted by molar-refractivity contribution is 6.07. The van der Waals surface area contributed by atoms with E-state index in [1.807, 2.05) is 20.0 Å². The molecule has 1 saturated carbocycles. The molecular weight excluding hydrogens is 1540 g/mol. The van der Waals surface area contributed by atoms with Crippen LogP contribution in [0.5, 0.6) is 34.8 Å². The molecule has 9 rings (SSSR count). The van der Waals surface area contributed by atoms with Crippen molar-refractivity contribution in [2.45, 2.75) is 194 Å². The predicted octanol–water partition coefficient (Wildman–Crippen LogP) is 10.4. The van der Waals surface area contributed by atoms with Gasteiger partial charge < -0.3 is 108 Å². The number of fused-ring (bicyclic) bond motifs is 4. The van der Waals surface area contributed by atoms with Gasteiger partial charge in [0.25, 0.3) is 11.8 Å². The number of benzene rings is 3. The summed E-state index contributed by atoms with van der Waals surface area (Å²) in [7, 11) is 2.97. The number of anilines is 2. The lowest BCUT2D eigenvalue weighted by molar-refractivity contribution is -0.132. The number of ether oxygens (including phenoxy) is 13. The summed E-state index contributed by atoms with van der Waals surface area (Å²) in [6, 6.07) is 11.6. The lowest BCUT2D eigenvalue weighted by atomic mass is 9.90. The van der Waals surface area contributed by atoms with Crippen molar-refractivity contribution >= 4 is 64.8 Å². The van der Waals surface area contributed by atoms with E-state index in [0.717, 1.165) is 47.3 Å². The Hall–Kier alpha value is -9.38. The van der Waals surface area contributed by atoms with Gasteiger partial charge >= 0.3 is 6.09 Å². The monoisotopic (exact) mass is 1660 g/mol. The van der Waals surface area contributed by atoms with Crippen LogP contribution in [-0.2, 0) is 81.4 Å². The molecule has 7 N–H and O–H groups in total. The highest BCUT2D eigenvalue weighted by Gasteiger charge is 2.45. The minimum Gasteiger partial charge on any atom is -0.494 e. The fourth-order valence-electron chi connectivity index (χ4n) is 14.6. The first-order valence-electron chi connectivity index (χ1n) is 42.1. The van der Waals surface area contributed by atoms with Crippen LogP contribution in [-0.4, -0.2) is 248 Å². The van der Waals surface area contributed by atoms with Gasteiger partial charge in [-0.25, -0.2) is 9.69 Å². The van der Waals surface area contributed by atoms with E-state index in [0.29, 0.717) is 165 Å².